The van der Waals surface area contributed by atoms with Gasteiger partial charge in [-0.05, 0) is 75.8 Å². The maximum absolute atomic E-state index is 12.9. The first kappa shape index (κ1) is 27.6. The highest BCUT2D eigenvalue weighted by molar-refractivity contribution is 5.81. The number of hydrogen-bond acceptors (Lipinski definition) is 8. The zero-order valence-corrected chi connectivity index (χ0v) is 24.0. The molecule has 1 aliphatic heterocycles. The van der Waals surface area contributed by atoms with Crippen LogP contribution in [-0.2, 0) is 6.54 Å². The summed E-state index contributed by atoms with van der Waals surface area (Å²) in [5.74, 6) is 2.34. The summed E-state index contributed by atoms with van der Waals surface area (Å²) in [5, 5.41) is 9.30. The number of hydrogen-bond donors (Lipinski definition) is 0. The largest absolute Gasteiger partial charge is 0.490 e. The lowest BCUT2D eigenvalue weighted by molar-refractivity contribution is 0.134. The fourth-order valence-electron chi connectivity index (χ4n) is 5.43. The molecule has 10 heteroatoms. The average Bonchev–Trinajstić information content (AvgIpc) is 3.39. The van der Waals surface area contributed by atoms with E-state index in [2.05, 4.69) is 44.9 Å². The highest BCUT2D eigenvalue weighted by atomic mass is 16.5. The van der Waals surface area contributed by atoms with Crippen molar-refractivity contribution < 1.29 is 4.74 Å². The number of likely N-dealkylation sites (N-methyl/N-ethyl adjacent to an activating group) is 1. The van der Waals surface area contributed by atoms with Crippen molar-refractivity contribution in [1.29, 1.82) is 5.26 Å². The SMILES string of the molecule is CN(C)CCN1CCC(COc2cnc(-c3cccc(Cn4c(=O)ccn5c6cc(C#N)ccc6nc45)c3)nc2)CC1. The van der Waals surface area contributed by atoms with Gasteiger partial charge in [0, 0.05) is 30.9 Å². The Morgan fingerprint density at radius 1 is 1.07 bits per heavy atom. The molecule has 0 aliphatic carbocycles. The Hall–Kier alpha value is -4.59. The van der Waals surface area contributed by atoms with Crippen molar-refractivity contribution in [3.63, 3.8) is 0 Å². The van der Waals surface area contributed by atoms with E-state index >= 15 is 0 Å². The maximum Gasteiger partial charge on any atom is 0.255 e. The second-order valence-electron chi connectivity index (χ2n) is 11.2. The van der Waals surface area contributed by atoms with Gasteiger partial charge in [0.25, 0.3) is 5.56 Å². The standard InChI is InChI=1S/C32H34N8O2/c1-37(2)14-15-38-11-8-23(9-12-38)22-42-27-19-34-31(35-20-27)26-5-3-4-25(16-26)21-40-30(41)10-13-39-29-17-24(18-33)6-7-28(29)36-32(39)40/h3-7,10,13,16-17,19-20,23H,8-9,11-12,14-15,21-22H2,1-2H3. The number of rotatable bonds is 9. The van der Waals surface area contributed by atoms with E-state index in [1.807, 2.05) is 28.7 Å². The van der Waals surface area contributed by atoms with Crippen molar-refractivity contribution in [2.45, 2.75) is 19.4 Å². The molecule has 42 heavy (non-hydrogen) atoms. The Balaban J connectivity index is 1.12. The van der Waals surface area contributed by atoms with Crippen molar-refractivity contribution in [1.82, 2.24) is 33.7 Å². The third kappa shape index (κ3) is 6.03. The van der Waals surface area contributed by atoms with Gasteiger partial charge in [0.05, 0.1) is 48.2 Å². The van der Waals surface area contributed by atoms with Gasteiger partial charge >= 0.3 is 0 Å². The molecule has 1 fully saturated rings. The fourth-order valence-corrected chi connectivity index (χ4v) is 5.43. The average molecular weight is 563 g/mol. The van der Waals surface area contributed by atoms with Crippen LogP contribution in [0.1, 0.15) is 24.0 Å². The molecule has 0 bridgehead atoms. The summed E-state index contributed by atoms with van der Waals surface area (Å²) in [7, 11) is 4.23. The van der Waals surface area contributed by atoms with E-state index in [0.717, 1.165) is 61.2 Å². The van der Waals surface area contributed by atoms with Crippen molar-refractivity contribution in [3.8, 4) is 23.2 Å². The number of piperidine rings is 1. The van der Waals surface area contributed by atoms with Gasteiger partial charge in [-0.25, -0.2) is 15.0 Å². The zero-order chi connectivity index (χ0) is 29.1. The van der Waals surface area contributed by atoms with E-state index in [9.17, 15) is 10.1 Å². The predicted molar refractivity (Wildman–Crippen MR) is 161 cm³/mol. The van der Waals surface area contributed by atoms with Crippen LogP contribution in [0, 0.1) is 17.2 Å². The first-order valence-corrected chi connectivity index (χ1v) is 14.3. The molecule has 0 saturated carbocycles. The molecule has 4 heterocycles. The fraction of sp³-hybridized carbons (Fsp3) is 0.344. The molecular weight excluding hydrogens is 528 g/mol. The molecule has 1 aliphatic rings. The van der Waals surface area contributed by atoms with Gasteiger partial charge in [-0.15, -0.1) is 0 Å². The highest BCUT2D eigenvalue weighted by Gasteiger charge is 2.20. The van der Waals surface area contributed by atoms with Gasteiger partial charge in [-0.2, -0.15) is 5.26 Å². The molecule has 0 amide bonds. The van der Waals surface area contributed by atoms with Gasteiger partial charge in [0.1, 0.15) is 0 Å². The second kappa shape index (κ2) is 12.1. The minimum Gasteiger partial charge on any atom is -0.490 e. The van der Waals surface area contributed by atoms with Gasteiger partial charge in [0.15, 0.2) is 11.6 Å². The van der Waals surface area contributed by atoms with E-state index in [1.165, 1.54) is 6.07 Å². The van der Waals surface area contributed by atoms with Crippen LogP contribution in [0.5, 0.6) is 5.75 Å². The first-order chi connectivity index (χ1) is 20.5. The third-order valence-corrected chi connectivity index (χ3v) is 7.88. The number of imidazole rings is 1. The number of fused-ring (bicyclic) bond motifs is 3. The first-order valence-electron chi connectivity index (χ1n) is 14.3. The number of benzene rings is 2. The normalized spacial score (nSPS) is 14.5. The quantitative estimate of drug-likeness (QED) is 0.268. The van der Waals surface area contributed by atoms with Crippen molar-refractivity contribution in [2.24, 2.45) is 5.92 Å². The maximum atomic E-state index is 12.9. The lowest BCUT2D eigenvalue weighted by Crippen LogP contribution is -2.39. The summed E-state index contributed by atoms with van der Waals surface area (Å²) in [5.41, 5.74) is 3.68. The van der Waals surface area contributed by atoms with E-state index < -0.39 is 0 Å². The van der Waals surface area contributed by atoms with E-state index in [0.29, 0.717) is 42.0 Å². The molecule has 1 saturated heterocycles. The topological polar surface area (TPSA) is 105 Å². The van der Waals surface area contributed by atoms with E-state index in [1.54, 1.807) is 41.4 Å². The molecule has 3 aromatic heterocycles. The summed E-state index contributed by atoms with van der Waals surface area (Å²) >= 11 is 0. The van der Waals surface area contributed by atoms with E-state index in [-0.39, 0.29) is 5.56 Å². The number of nitrogens with zero attached hydrogens (tertiary/aromatic N) is 8. The number of nitriles is 1. The van der Waals surface area contributed by atoms with Crippen LogP contribution < -0.4 is 10.3 Å². The van der Waals surface area contributed by atoms with Crippen LogP contribution in [-0.4, -0.2) is 80.6 Å². The number of aromatic nitrogens is 5. The molecular formula is C32H34N8O2. The van der Waals surface area contributed by atoms with Gasteiger partial charge in [-0.1, -0.05) is 18.2 Å². The molecule has 5 aromatic rings. The summed E-state index contributed by atoms with van der Waals surface area (Å²) < 4.78 is 9.53. The Morgan fingerprint density at radius 3 is 2.64 bits per heavy atom. The molecule has 214 valence electrons. The third-order valence-electron chi connectivity index (χ3n) is 7.88. The predicted octanol–water partition coefficient (Wildman–Crippen LogP) is 3.68. The molecule has 0 radical (unpaired) electrons. The van der Waals surface area contributed by atoms with Gasteiger partial charge in [0.2, 0.25) is 5.78 Å². The van der Waals surface area contributed by atoms with Gasteiger partial charge < -0.3 is 14.5 Å². The summed E-state index contributed by atoms with van der Waals surface area (Å²) in [6, 6.07) is 16.9. The Morgan fingerprint density at radius 2 is 1.88 bits per heavy atom. The molecule has 2 aromatic carbocycles. The molecule has 0 N–H and O–H groups in total. The Kier molecular flexibility index (Phi) is 7.95. The van der Waals surface area contributed by atoms with Crippen LogP contribution in [0.2, 0.25) is 0 Å². The second-order valence-corrected chi connectivity index (χ2v) is 11.2. The van der Waals surface area contributed by atoms with Crippen molar-refractivity contribution in [3.05, 3.63) is 88.6 Å². The van der Waals surface area contributed by atoms with Crippen molar-refractivity contribution >= 4 is 16.8 Å². The minimum absolute atomic E-state index is 0.152. The molecule has 10 nitrogen and oxygen atoms in total. The molecule has 0 spiro atoms. The van der Waals surface area contributed by atoms with Crippen LogP contribution >= 0.6 is 0 Å². The van der Waals surface area contributed by atoms with Crippen LogP contribution in [0.15, 0.2) is 71.9 Å². The summed E-state index contributed by atoms with van der Waals surface area (Å²) in [4.78, 5) is 31.5. The number of ether oxygens (including phenoxy) is 1. The molecule has 6 rings (SSSR count). The lowest BCUT2D eigenvalue weighted by atomic mass is 9.98. The highest BCUT2D eigenvalue weighted by Crippen LogP contribution is 2.22. The Bertz CT molecular complexity index is 1790. The summed E-state index contributed by atoms with van der Waals surface area (Å²) in [6.07, 6.45) is 7.46. The van der Waals surface area contributed by atoms with Crippen molar-refractivity contribution in [2.75, 3.05) is 46.9 Å². The molecule has 0 atom stereocenters. The van der Waals surface area contributed by atoms with Gasteiger partial charge in [-0.3, -0.25) is 13.8 Å². The lowest BCUT2D eigenvalue weighted by Gasteiger charge is -2.32. The summed E-state index contributed by atoms with van der Waals surface area (Å²) in [6.45, 7) is 5.46. The smallest absolute Gasteiger partial charge is 0.255 e. The minimum atomic E-state index is -0.152. The van der Waals surface area contributed by atoms with Crippen LogP contribution in [0.3, 0.4) is 0 Å². The Labute approximate surface area is 244 Å². The monoisotopic (exact) mass is 562 g/mol. The zero-order valence-electron chi connectivity index (χ0n) is 24.0. The van der Waals surface area contributed by atoms with Crippen LogP contribution in [0.25, 0.3) is 28.2 Å². The number of likely N-dealkylation sites (tertiary alicyclic amines) is 1. The van der Waals surface area contributed by atoms with E-state index in [4.69, 9.17) is 4.74 Å². The molecule has 0 unspecified atom stereocenters. The van der Waals surface area contributed by atoms with Crippen LogP contribution in [0.4, 0.5) is 0 Å².